The van der Waals surface area contributed by atoms with Crippen molar-refractivity contribution >= 4 is 5.97 Å². The molecule has 1 heterocycles. The third kappa shape index (κ3) is 0.669. The van der Waals surface area contributed by atoms with Crippen LogP contribution in [0.15, 0.2) is 0 Å². The molecule has 2 rings (SSSR count). The molecule has 0 aromatic heterocycles. The Morgan fingerprint density at radius 2 is 2.50 bits per heavy atom. The predicted molar refractivity (Wildman–Crippen MR) is 33.6 cm³/mol. The molecule has 0 aromatic carbocycles. The van der Waals surface area contributed by atoms with Gasteiger partial charge in [0.15, 0.2) is 0 Å². The number of aliphatic carboxylic acids is 1. The maximum atomic E-state index is 10.5. The van der Waals surface area contributed by atoms with Crippen LogP contribution in [0.2, 0.25) is 0 Å². The number of hydrogen-bond donors (Lipinski definition) is 1. The van der Waals surface area contributed by atoms with Crippen molar-refractivity contribution in [2.24, 2.45) is 11.3 Å². The first-order chi connectivity index (χ1) is 4.75. The standard InChI is InChI=1S/C7H10O3/c8-6(9)5-3-7(5)1-2-10-4-7/h5H,1-4H2,(H,8,9)/t5-,7-/m1/s1. The molecular weight excluding hydrogens is 132 g/mol. The Morgan fingerprint density at radius 3 is 2.90 bits per heavy atom. The van der Waals surface area contributed by atoms with Crippen LogP contribution in [0.3, 0.4) is 0 Å². The molecule has 10 heavy (non-hydrogen) atoms. The number of carbonyl (C=O) groups is 1. The number of ether oxygens (including phenoxy) is 1. The van der Waals surface area contributed by atoms with Crippen LogP contribution in [0.1, 0.15) is 12.8 Å². The van der Waals surface area contributed by atoms with Gasteiger partial charge in [0, 0.05) is 12.0 Å². The Hall–Kier alpha value is -0.570. The van der Waals surface area contributed by atoms with Gasteiger partial charge in [0.25, 0.3) is 0 Å². The van der Waals surface area contributed by atoms with Gasteiger partial charge in [0.05, 0.1) is 12.5 Å². The van der Waals surface area contributed by atoms with Gasteiger partial charge in [-0.3, -0.25) is 4.79 Å². The minimum absolute atomic E-state index is 0.0613. The molecule has 0 aromatic rings. The van der Waals surface area contributed by atoms with E-state index in [9.17, 15) is 4.79 Å². The predicted octanol–water partition coefficient (Wildman–Crippen LogP) is 0.498. The van der Waals surface area contributed by atoms with Crippen LogP contribution in [-0.4, -0.2) is 24.3 Å². The van der Waals surface area contributed by atoms with Gasteiger partial charge < -0.3 is 9.84 Å². The zero-order valence-electron chi connectivity index (χ0n) is 5.67. The molecule has 2 fully saturated rings. The van der Waals surface area contributed by atoms with Gasteiger partial charge >= 0.3 is 5.97 Å². The van der Waals surface area contributed by atoms with E-state index in [0.717, 1.165) is 19.4 Å². The average Bonchev–Trinajstić information content (AvgIpc) is 2.32. The fourth-order valence-corrected chi connectivity index (χ4v) is 1.76. The molecule has 56 valence electrons. The Bertz CT molecular complexity index is 170. The average molecular weight is 142 g/mol. The summed E-state index contributed by atoms with van der Waals surface area (Å²) in [5.41, 5.74) is 0.0613. The lowest BCUT2D eigenvalue weighted by Gasteiger charge is -2.00. The molecule has 0 radical (unpaired) electrons. The molecule has 1 spiro atoms. The summed E-state index contributed by atoms with van der Waals surface area (Å²) in [5.74, 6) is -0.750. The molecule has 0 amide bonds. The molecule has 3 heteroatoms. The Morgan fingerprint density at radius 1 is 1.70 bits per heavy atom. The highest BCUT2D eigenvalue weighted by atomic mass is 16.5. The fraction of sp³-hybridized carbons (Fsp3) is 0.857. The zero-order valence-corrected chi connectivity index (χ0v) is 5.67. The minimum Gasteiger partial charge on any atom is -0.481 e. The highest BCUT2D eigenvalue weighted by Crippen LogP contribution is 2.57. The largest absolute Gasteiger partial charge is 0.481 e. The van der Waals surface area contributed by atoms with E-state index in [2.05, 4.69) is 0 Å². The van der Waals surface area contributed by atoms with Gasteiger partial charge in [-0.05, 0) is 12.8 Å². The Labute approximate surface area is 59.0 Å². The van der Waals surface area contributed by atoms with Crippen molar-refractivity contribution in [3.8, 4) is 0 Å². The molecule has 3 nitrogen and oxygen atoms in total. The summed E-state index contributed by atoms with van der Waals surface area (Å²) >= 11 is 0. The van der Waals surface area contributed by atoms with Gasteiger partial charge in [0.2, 0.25) is 0 Å². The van der Waals surface area contributed by atoms with Crippen molar-refractivity contribution in [3.05, 3.63) is 0 Å². The lowest BCUT2D eigenvalue weighted by atomic mass is 10.0. The molecule has 1 aliphatic carbocycles. The van der Waals surface area contributed by atoms with E-state index in [1.807, 2.05) is 0 Å². The monoisotopic (exact) mass is 142 g/mol. The number of carboxylic acids is 1. The highest BCUT2D eigenvalue weighted by molar-refractivity contribution is 5.74. The van der Waals surface area contributed by atoms with Crippen LogP contribution < -0.4 is 0 Å². The number of hydrogen-bond acceptors (Lipinski definition) is 2. The minimum atomic E-state index is -0.648. The van der Waals surface area contributed by atoms with Crippen LogP contribution in [-0.2, 0) is 9.53 Å². The Kier molecular flexibility index (Phi) is 1.06. The molecular formula is C7H10O3. The summed E-state index contributed by atoms with van der Waals surface area (Å²) in [6.45, 7) is 1.42. The van der Waals surface area contributed by atoms with E-state index < -0.39 is 5.97 Å². The van der Waals surface area contributed by atoms with Gasteiger partial charge in [-0.1, -0.05) is 0 Å². The SMILES string of the molecule is O=C(O)[C@H]1C[C@@]12CCOC2. The summed E-state index contributed by atoms with van der Waals surface area (Å²) in [6, 6.07) is 0. The molecule has 1 saturated heterocycles. The molecule has 1 N–H and O–H groups in total. The normalized spacial score (nSPS) is 44.2. The maximum absolute atomic E-state index is 10.5. The third-order valence-corrected chi connectivity index (χ3v) is 2.62. The maximum Gasteiger partial charge on any atom is 0.307 e. The molecule has 1 saturated carbocycles. The van der Waals surface area contributed by atoms with Gasteiger partial charge in [-0.15, -0.1) is 0 Å². The van der Waals surface area contributed by atoms with Crippen molar-refractivity contribution in [3.63, 3.8) is 0 Å². The van der Waals surface area contributed by atoms with E-state index in [0.29, 0.717) is 6.61 Å². The number of rotatable bonds is 1. The lowest BCUT2D eigenvalue weighted by molar-refractivity contribution is -0.139. The summed E-state index contributed by atoms with van der Waals surface area (Å²) in [5, 5.41) is 8.62. The third-order valence-electron chi connectivity index (χ3n) is 2.62. The first kappa shape index (κ1) is 6.16. The van der Waals surface area contributed by atoms with E-state index >= 15 is 0 Å². The smallest absolute Gasteiger partial charge is 0.307 e. The van der Waals surface area contributed by atoms with Crippen molar-refractivity contribution in [1.29, 1.82) is 0 Å². The molecule has 0 bridgehead atoms. The van der Waals surface area contributed by atoms with Crippen molar-refractivity contribution in [2.75, 3.05) is 13.2 Å². The highest BCUT2D eigenvalue weighted by Gasteiger charge is 2.60. The molecule has 2 atom stereocenters. The molecule has 1 aliphatic heterocycles. The van der Waals surface area contributed by atoms with Crippen LogP contribution >= 0.6 is 0 Å². The van der Waals surface area contributed by atoms with Crippen LogP contribution in [0.4, 0.5) is 0 Å². The second kappa shape index (κ2) is 1.72. The lowest BCUT2D eigenvalue weighted by Crippen LogP contribution is -2.09. The molecule has 2 aliphatic rings. The topological polar surface area (TPSA) is 46.5 Å². The first-order valence-corrected chi connectivity index (χ1v) is 3.55. The molecule has 0 unspecified atom stereocenters. The van der Waals surface area contributed by atoms with Crippen molar-refractivity contribution < 1.29 is 14.6 Å². The van der Waals surface area contributed by atoms with Crippen LogP contribution in [0, 0.1) is 11.3 Å². The van der Waals surface area contributed by atoms with Crippen LogP contribution in [0.5, 0.6) is 0 Å². The van der Waals surface area contributed by atoms with Crippen molar-refractivity contribution in [1.82, 2.24) is 0 Å². The van der Waals surface area contributed by atoms with Gasteiger partial charge in [0.1, 0.15) is 0 Å². The summed E-state index contributed by atoms with van der Waals surface area (Å²) in [6.07, 6.45) is 1.78. The van der Waals surface area contributed by atoms with E-state index in [1.54, 1.807) is 0 Å². The van der Waals surface area contributed by atoms with Crippen LogP contribution in [0.25, 0.3) is 0 Å². The first-order valence-electron chi connectivity index (χ1n) is 3.55. The Balaban J connectivity index is 2.04. The van der Waals surface area contributed by atoms with Gasteiger partial charge in [-0.25, -0.2) is 0 Å². The zero-order chi connectivity index (χ0) is 7.19. The van der Waals surface area contributed by atoms with E-state index in [1.165, 1.54) is 0 Å². The fourth-order valence-electron chi connectivity index (χ4n) is 1.76. The van der Waals surface area contributed by atoms with E-state index in [-0.39, 0.29) is 11.3 Å². The van der Waals surface area contributed by atoms with Crippen molar-refractivity contribution in [2.45, 2.75) is 12.8 Å². The second-order valence-corrected chi connectivity index (χ2v) is 3.26. The summed E-state index contributed by atoms with van der Waals surface area (Å²) in [7, 11) is 0. The summed E-state index contributed by atoms with van der Waals surface area (Å²) in [4.78, 5) is 10.5. The second-order valence-electron chi connectivity index (χ2n) is 3.26. The van der Waals surface area contributed by atoms with Gasteiger partial charge in [-0.2, -0.15) is 0 Å². The summed E-state index contributed by atoms with van der Waals surface area (Å²) < 4.78 is 5.14. The van der Waals surface area contributed by atoms with E-state index in [4.69, 9.17) is 9.84 Å². The quantitative estimate of drug-likeness (QED) is 0.579. The number of carboxylic acid groups (broad SMARTS) is 1.